The van der Waals surface area contributed by atoms with E-state index in [4.69, 9.17) is 0 Å². The molecule has 1 fully saturated rings. The van der Waals surface area contributed by atoms with Crippen molar-refractivity contribution >= 4 is 27.5 Å². The number of aromatic nitrogens is 1. The van der Waals surface area contributed by atoms with Crippen molar-refractivity contribution in [3.8, 4) is 0 Å². The molecule has 34 heavy (non-hydrogen) atoms. The van der Waals surface area contributed by atoms with Crippen molar-refractivity contribution in [2.75, 3.05) is 31.1 Å². The number of fused-ring (bicyclic) bond motifs is 1. The van der Waals surface area contributed by atoms with E-state index in [1.807, 2.05) is 4.90 Å². The number of carbonyl (C=O) groups excluding carboxylic acids is 2. The van der Waals surface area contributed by atoms with Crippen molar-refractivity contribution in [1.29, 1.82) is 0 Å². The summed E-state index contributed by atoms with van der Waals surface area (Å²) >= 11 is 0. The fraction of sp³-hybridized carbons (Fsp3) is 0.208. The molecule has 3 heterocycles. The monoisotopic (exact) mass is 480 g/mol. The van der Waals surface area contributed by atoms with Crippen LogP contribution in [-0.4, -0.2) is 60.6 Å². The zero-order valence-corrected chi connectivity index (χ0v) is 18.9. The number of anilines is 1. The van der Waals surface area contributed by atoms with E-state index in [1.54, 1.807) is 42.5 Å². The molecule has 0 spiro atoms. The first-order valence-corrected chi connectivity index (χ1v) is 12.2. The number of amides is 2. The number of pyridine rings is 1. The number of halogens is 1. The van der Waals surface area contributed by atoms with E-state index >= 15 is 0 Å². The smallest absolute Gasteiger partial charge is 0.280 e. The van der Waals surface area contributed by atoms with Gasteiger partial charge in [-0.1, -0.05) is 24.3 Å². The summed E-state index contributed by atoms with van der Waals surface area (Å²) in [6.07, 6.45) is 1.46. The molecule has 0 saturated carbocycles. The molecular formula is C24H21FN4O4S. The van der Waals surface area contributed by atoms with Gasteiger partial charge in [-0.25, -0.2) is 12.8 Å². The lowest BCUT2D eigenvalue weighted by molar-refractivity contribution is 0.0640. The zero-order chi connectivity index (χ0) is 23.9. The Bertz CT molecular complexity index is 1330. The van der Waals surface area contributed by atoms with Crippen molar-refractivity contribution in [3.05, 3.63) is 89.5 Å². The highest BCUT2D eigenvalue weighted by atomic mass is 32.2. The summed E-state index contributed by atoms with van der Waals surface area (Å²) < 4.78 is 41.7. The second-order valence-corrected chi connectivity index (χ2v) is 10.0. The van der Waals surface area contributed by atoms with Crippen LogP contribution in [0.2, 0.25) is 0 Å². The van der Waals surface area contributed by atoms with Crippen molar-refractivity contribution in [1.82, 2.24) is 14.2 Å². The fourth-order valence-corrected chi connectivity index (χ4v) is 5.66. The van der Waals surface area contributed by atoms with E-state index < -0.39 is 21.8 Å². The highest BCUT2D eigenvalue weighted by molar-refractivity contribution is 7.89. The number of sulfonamides is 1. The standard InChI is InChI=1S/C24H21FN4O4S/c25-20-5-1-2-6-21(20)27-12-14-28(15-13-27)34(32,33)18-9-7-17(8-10-18)16-29-23(30)19-4-3-11-26-22(19)24(29)31/h1-11H,12-16H2. The van der Waals surface area contributed by atoms with Crippen LogP contribution in [0.4, 0.5) is 10.1 Å². The van der Waals surface area contributed by atoms with Gasteiger partial charge in [0.1, 0.15) is 11.5 Å². The first-order chi connectivity index (χ1) is 16.4. The average molecular weight is 481 g/mol. The molecule has 0 N–H and O–H groups in total. The van der Waals surface area contributed by atoms with Crippen LogP contribution in [0.15, 0.2) is 71.8 Å². The van der Waals surface area contributed by atoms with Gasteiger partial charge >= 0.3 is 0 Å². The molecule has 3 aromatic rings. The Balaban J connectivity index is 1.26. The molecule has 8 nitrogen and oxygen atoms in total. The third-order valence-corrected chi connectivity index (χ3v) is 7.98. The molecule has 174 valence electrons. The molecule has 2 aromatic carbocycles. The molecule has 0 atom stereocenters. The van der Waals surface area contributed by atoms with Crippen LogP contribution >= 0.6 is 0 Å². The highest BCUT2D eigenvalue weighted by Gasteiger charge is 2.36. The van der Waals surface area contributed by atoms with E-state index in [0.717, 1.165) is 4.90 Å². The first kappa shape index (κ1) is 22.2. The summed E-state index contributed by atoms with van der Waals surface area (Å²) in [5, 5.41) is 0. The molecule has 10 heteroatoms. The molecule has 0 unspecified atom stereocenters. The molecule has 0 aliphatic carbocycles. The number of hydrogen-bond acceptors (Lipinski definition) is 6. The summed E-state index contributed by atoms with van der Waals surface area (Å²) in [7, 11) is -3.73. The van der Waals surface area contributed by atoms with Crippen molar-refractivity contribution < 1.29 is 22.4 Å². The van der Waals surface area contributed by atoms with E-state index in [0.29, 0.717) is 24.3 Å². The number of rotatable bonds is 5. The number of benzene rings is 2. The third kappa shape index (κ3) is 3.84. The molecule has 2 aliphatic heterocycles. The Hall–Kier alpha value is -3.63. The van der Waals surface area contributed by atoms with Crippen molar-refractivity contribution in [2.45, 2.75) is 11.4 Å². The number of para-hydroxylation sites is 1. The van der Waals surface area contributed by atoms with Crippen LogP contribution in [0.25, 0.3) is 0 Å². The van der Waals surface area contributed by atoms with E-state index in [1.165, 1.54) is 28.7 Å². The van der Waals surface area contributed by atoms with E-state index in [9.17, 15) is 22.4 Å². The second kappa shape index (κ2) is 8.62. The van der Waals surface area contributed by atoms with Gasteiger partial charge in [0.2, 0.25) is 10.0 Å². The lowest BCUT2D eigenvalue weighted by Crippen LogP contribution is -2.48. The van der Waals surface area contributed by atoms with Gasteiger partial charge in [0, 0.05) is 32.4 Å². The number of piperazine rings is 1. The molecule has 0 radical (unpaired) electrons. The average Bonchev–Trinajstić information content (AvgIpc) is 3.10. The number of hydrogen-bond donors (Lipinski definition) is 0. The van der Waals surface area contributed by atoms with Gasteiger partial charge in [0.15, 0.2) is 0 Å². The summed E-state index contributed by atoms with van der Waals surface area (Å²) in [5.74, 6) is -1.22. The van der Waals surface area contributed by atoms with E-state index in [2.05, 4.69) is 4.98 Å². The minimum Gasteiger partial charge on any atom is -0.367 e. The lowest BCUT2D eigenvalue weighted by Gasteiger charge is -2.35. The van der Waals surface area contributed by atoms with Gasteiger partial charge in [-0.2, -0.15) is 4.31 Å². The molecule has 2 amide bonds. The Kier molecular flexibility index (Phi) is 5.62. The summed E-state index contributed by atoms with van der Waals surface area (Å²) in [4.78, 5) is 32.1. The Morgan fingerprint density at radius 3 is 2.24 bits per heavy atom. The number of carbonyl (C=O) groups is 2. The predicted molar refractivity (Wildman–Crippen MR) is 122 cm³/mol. The Labute approximate surface area is 196 Å². The number of imide groups is 1. The van der Waals surface area contributed by atoms with Gasteiger partial charge < -0.3 is 4.90 Å². The molecule has 0 bridgehead atoms. The van der Waals surface area contributed by atoms with Crippen LogP contribution in [0, 0.1) is 5.82 Å². The summed E-state index contributed by atoms with van der Waals surface area (Å²) in [6, 6.07) is 15.7. The van der Waals surface area contributed by atoms with Crippen molar-refractivity contribution in [3.63, 3.8) is 0 Å². The molecular weight excluding hydrogens is 459 g/mol. The Morgan fingerprint density at radius 2 is 1.56 bits per heavy atom. The van der Waals surface area contributed by atoms with Crippen molar-refractivity contribution in [2.24, 2.45) is 0 Å². The first-order valence-electron chi connectivity index (χ1n) is 10.8. The van der Waals surface area contributed by atoms with Gasteiger partial charge in [-0.15, -0.1) is 0 Å². The molecule has 2 aliphatic rings. The maximum atomic E-state index is 14.1. The van der Waals surface area contributed by atoms with Gasteiger partial charge in [0.25, 0.3) is 11.8 Å². The molecule has 1 aromatic heterocycles. The molecule has 1 saturated heterocycles. The zero-order valence-electron chi connectivity index (χ0n) is 18.1. The van der Waals surface area contributed by atoms with Crippen LogP contribution in [0.5, 0.6) is 0 Å². The van der Waals surface area contributed by atoms with Gasteiger partial charge in [0.05, 0.1) is 22.7 Å². The van der Waals surface area contributed by atoms with Crippen LogP contribution in [0.3, 0.4) is 0 Å². The van der Waals surface area contributed by atoms with Crippen LogP contribution in [-0.2, 0) is 16.6 Å². The minimum atomic E-state index is -3.73. The van der Waals surface area contributed by atoms with Crippen LogP contribution in [0.1, 0.15) is 26.4 Å². The summed E-state index contributed by atoms with van der Waals surface area (Å²) in [6.45, 7) is 1.26. The summed E-state index contributed by atoms with van der Waals surface area (Å²) in [5.41, 5.74) is 1.48. The largest absolute Gasteiger partial charge is 0.367 e. The predicted octanol–water partition coefficient (Wildman–Crippen LogP) is 2.53. The fourth-order valence-electron chi connectivity index (χ4n) is 4.23. The second-order valence-electron chi connectivity index (χ2n) is 8.08. The highest BCUT2D eigenvalue weighted by Crippen LogP contribution is 2.25. The molecule has 5 rings (SSSR count). The van der Waals surface area contributed by atoms with Gasteiger partial charge in [-0.3, -0.25) is 19.5 Å². The SMILES string of the molecule is O=C1c2cccnc2C(=O)N1Cc1ccc(S(=O)(=O)N2CCN(c3ccccc3F)CC2)cc1. The quantitative estimate of drug-likeness (QED) is 0.522. The minimum absolute atomic E-state index is 0.0235. The number of nitrogens with zero attached hydrogens (tertiary/aromatic N) is 4. The van der Waals surface area contributed by atoms with Crippen LogP contribution < -0.4 is 4.90 Å². The third-order valence-electron chi connectivity index (χ3n) is 6.06. The normalized spacial score (nSPS) is 16.7. The lowest BCUT2D eigenvalue weighted by atomic mass is 10.2. The maximum Gasteiger partial charge on any atom is 0.280 e. The Morgan fingerprint density at radius 1 is 0.853 bits per heavy atom. The van der Waals surface area contributed by atoms with Gasteiger partial charge in [-0.05, 0) is 42.0 Å². The maximum absolute atomic E-state index is 14.1. The van der Waals surface area contributed by atoms with E-state index in [-0.39, 0.29) is 41.6 Å². The topological polar surface area (TPSA) is 90.9 Å².